The highest BCUT2D eigenvalue weighted by molar-refractivity contribution is 7.89. The minimum atomic E-state index is -3.79. The fourth-order valence-electron chi connectivity index (χ4n) is 2.50. The van der Waals surface area contributed by atoms with Crippen molar-refractivity contribution in [1.82, 2.24) is 9.46 Å². The first-order valence-electron chi connectivity index (χ1n) is 8.12. The van der Waals surface area contributed by atoms with E-state index in [9.17, 15) is 12.8 Å². The fourth-order valence-corrected chi connectivity index (χ4v) is 3.82. The van der Waals surface area contributed by atoms with Crippen LogP contribution in [0, 0.1) is 25.1 Å². The maximum absolute atomic E-state index is 13.0. The van der Waals surface area contributed by atoms with Crippen LogP contribution in [-0.4, -0.2) is 24.4 Å². The molecule has 3 rings (SSSR count). The normalized spacial score (nSPS) is 11.5. The zero-order chi connectivity index (χ0) is 19.4. The molecule has 0 fully saturated rings. The predicted octanol–water partition coefficient (Wildman–Crippen LogP) is 3.61. The molecule has 0 aliphatic rings. The van der Waals surface area contributed by atoms with Gasteiger partial charge in [0.05, 0.1) is 18.0 Å². The summed E-state index contributed by atoms with van der Waals surface area (Å²) in [5.74, 6) is 2.34. The van der Waals surface area contributed by atoms with Crippen molar-refractivity contribution in [3.63, 3.8) is 0 Å². The lowest BCUT2D eigenvalue weighted by Crippen LogP contribution is -2.31. The van der Waals surface area contributed by atoms with E-state index in [0.29, 0.717) is 17.0 Å². The lowest BCUT2D eigenvalue weighted by atomic mass is 10.1. The van der Waals surface area contributed by atoms with Crippen LogP contribution in [0.3, 0.4) is 0 Å². The van der Waals surface area contributed by atoms with E-state index >= 15 is 0 Å². The Hall–Kier alpha value is -2.95. The van der Waals surface area contributed by atoms with E-state index in [4.69, 9.17) is 10.9 Å². The second kappa shape index (κ2) is 7.74. The second-order valence-electron chi connectivity index (χ2n) is 5.98. The molecule has 0 aliphatic carbocycles. The summed E-state index contributed by atoms with van der Waals surface area (Å²) in [6.07, 6.45) is 5.35. The Labute approximate surface area is 157 Å². The molecule has 138 valence electrons. The fraction of sp³-hybridized carbons (Fsp3) is 0.150. The first-order valence-corrected chi connectivity index (χ1v) is 9.56. The Balaban J connectivity index is 1.86. The van der Waals surface area contributed by atoms with Gasteiger partial charge in [0, 0.05) is 11.6 Å². The second-order valence-corrected chi connectivity index (χ2v) is 7.91. The summed E-state index contributed by atoms with van der Waals surface area (Å²) < 4.78 is 45.2. The zero-order valence-electron chi connectivity index (χ0n) is 14.6. The number of terminal acetylenes is 1. The Morgan fingerprint density at radius 1 is 1.15 bits per heavy atom. The molecule has 0 radical (unpaired) electrons. The number of halogens is 1. The summed E-state index contributed by atoms with van der Waals surface area (Å²) in [7, 11) is -3.79. The van der Waals surface area contributed by atoms with Crippen LogP contribution in [0.5, 0.6) is 0 Å². The monoisotopic (exact) mass is 384 g/mol. The molecule has 0 N–H and O–H groups in total. The van der Waals surface area contributed by atoms with Crippen LogP contribution in [0.25, 0.3) is 11.3 Å². The Morgan fingerprint density at radius 3 is 2.44 bits per heavy atom. The van der Waals surface area contributed by atoms with Gasteiger partial charge in [-0.3, -0.25) is 0 Å². The van der Waals surface area contributed by atoms with Gasteiger partial charge in [0.15, 0.2) is 5.76 Å². The molecule has 0 bridgehead atoms. The largest absolute Gasteiger partial charge is 0.359 e. The van der Waals surface area contributed by atoms with Crippen LogP contribution in [0.2, 0.25) is 0 Å². The van der Waals surface area contributed by atoms with E-state index in [1.54, 1.807) is 42.5 Å². The smallest absolute Gasteiger partial charge is 0.244 e. The van der Waals surface area contributed by atoms with Gasteiger partial charge in [-0.05, 0) is 43.3 Å². The van der Waals surface area contributed by atoms with Crippen LogP contribution >= 0.6 is 0 Å². The van der Waals surface area contributed by atoms with E-state index in [1.165, 1.54) is 12.1 Å². The van der Waals surface area contributed by atoms with Crippen molar-refractivity contribution in [1.29, 1.82) is 0 Å². The van der Waals surface area contributed by atoms with Gasteiger partial charge in [0.1, 0.15) is 11.5 Å². The highest BCUT2D eigenvalue weighted by Gasteiger charge is 2.25. The van der Waals surface area contributed by atoms with Crippen LogP contribution in [0.4, 0.5) is 4.39 Å². The third-order valence-corrected chi connectivity index (χ3v) is 5.76. The number of benzene rings is 2. The molecule has 5 nitrogen and oxygen atoms in total. The summed E-state index contributed by atoms with van der Waals surface area (Å²) in [4.78, 5) is 0.154. The molecule has 2 aromatic carbocycles. The number of aryl methyl sites for hydroxylation is 1. The molecule has 27 heavy (non-hydrogen) atoms. The van der Waals surface area contributed by atoms with Crippen molar-refractivity contribution in [3.05, 3.63) is 71.7 Å². The summed E-state index contributed by atoms with van der Waals surface area (Å²) in [6, 6.07) is 13.9. The number of hydrogen-bond acceptors (Lipinski definition) is 4. The van der Waals surface area contributed by atoms with Crippen LogP contribution in [-0.2, 0) is 16.6 Å². The van der Waals surface area contributed by atoms with Gasteiger partial charge in [0.2, 0.25) is 10.0 Å². The van der Waals surface area contributed by atoms with Crippen molar-refractivity contribution in [2.45, 2.75) is 18.4 Å². The van der Waals surface area contributed by atoms with E-state index in [1.807, 2.05) is 6.92 Å². The van der Waals surface area contributed by atoms with Crippen LogP contribution in [0.1, 0.15) is 11.3 Å². The maximum Gasteiger partial charge on any atom is 0.244 e. The van der Waals surface area contributed by atoms with E-state index in [-0.39, 0.29) is 23.8 Å². The number of sulfonamides is 1. The van der Waals surface area contributed by atoms with Crippen molar-refractivity contribution >= 4 is 10.0 Å². The summed E-state index contributed by atoms with van der Waals surface area (Å²) >= 11 is 0. The molecule has 0 saturated carbocycles. The molecule has 1 heterocycles. The van der Waals surface area contributed by atoms with Crippen molar-refractivity contribution in [2.24, 2.45) is 0 Å². The van der Waals surface area contributed by atoms with Gasteiger partial charge >= 0.3 is 0 Å². The van der Waals surface area contributed by atoms with Crippen molar-refractivity contribution < 1.29 is 17.3 Å². The molecule has 1 aromatic heterocycles. The minimum absolute atomic E-state index is 0.0609. The highest BCUT2D eigenvalue weighted by atomic mass is 32.2. The summed E-state index contributed by atoms with van der Waals surface area (Å²) in [5, 5.41) is 3.93. The molecule has 0 saturated heterocycles. The van der Waals surface area contributed by atoms with Gasteiger partial charge in [-0.1, -0.05) is 28.8 Å². The Bertz CT molecular complexity index is 1070. The molecule has 0 atom stereocenters. The maximum atomic E-state index is 13.0. The topological polar surface area (TPSA) is 63.4 Å². The lowest BCUT2D eigenvalue weighted by Gasteiger charge is -2.18. The van der Waals surface area contributed by atoms with Gasteiger partial charge in [-0.25, -0.2) is 12.8 Å². The highest BCUT2D eigenvalue weighted by Crippen LogP contribution is 2.23. The molecule has 0 unspecified atom stereocenters. The molecular weight excluding hydrogens is 367 g/mol. The molecule has 0 aliphatic heterocycles. The number of nitrogens with zero attached hydrogens (tertiary/aromatic N) is 2. The minimum Gasteiger partial charge on any atom is -0.359 e. The van der Waals surface area contributed by atoms with Crippen molar-refractivity contribution in [2.75, 3.05) is 6.54 Å². The molecule has 0 spiro atoms. The standard InChI is InChI=1S/C20H17FN2O3S/c1-3-12-23(27(24,25)19-10-4-15(2)5-11-19)14-18-13-20(22-26-18)16-6-8-17(21)9-7-16/h1,4-11,13H,12,14H2,2H3. The van der Waals surface area contributed by atoms with Crippen molar-refractivity contribution in [3.8, 4) is 23.6 Å². The number of aromatic nitrogens is 1. The van der Waals surface area contributed by atoms with Crippen LogP contribution < -0.4 is 0 Å². The average molecular weight is 384 g/mol. The predicted molar refractivity (Wildman–Crippen MR) is 99.5 cm³/mol. The van der Waals surface area contributed by atoms with E-state index in [0.717, 1.165) is 9.87 Å². The lowest BCUT2D eigenvalue weighted by molar-refractivity contribution is 0.336. The number of rotatable bonds is 6. The summed E-state index contributed by atoms with van der Waals surface area (Å²) in [6.45, 7) is 1.71. The molecule has 0 amide bonds. The third kappa shape index (κ3) is 4.25. The Kier molecular flexibility index (Phi) is 5.40. The van der Waals surface area contributed by atoms with Crippen LogP contribution in [0.15, 0.2) is 64.0 Å². The quantitative estimate of drug-likeness (QED) is 0.609. The zero-order valence-corrected chi connectivity index (χ0v) is 15.4. The van der Waals surface area contributed by atoms with Gasteiger partial charge < -0.3 is 4.52 Å². The average Bonchev–Trinajstić information content (AvgIpc) is 3.11. The Morgan fingerprint density at radius 2 is 1.81 bits per heavy atom. The molecule has 3 aromatic rings. The van der Waals surface area contributed by atoms with Gasteiger partial charge in [-0.15, -0.1) is 6.42 Å². The van der Waals surface area contributed by atoms with Gasteiger partial charge in [0.25, 0.3) is 0 Å². The third-order valence-electron chi connectivity index (χ3n) is 3.96. The number of hydrogen-bond donors (Lipinski definition) is 0. The van der Waals surface area contributed by atoms with E-state index < -0.39 is 10.0 Å². The first-order chi connectivity index (χ1) is 12.9. The molecular formula is C20H17FN2O3S. The molecule has 7 heteroatoms. The summed E-state index contributed by atoms with van der Waals surface area (Å²) in [5.41, 5.74) is 2.10. The van der Waals surface area contributed by atoms with Gasteiger partial charge in [-0.2, -0.15) is 4.31 Å². The SMILES string of the molecule is C#CCN(Cc1cc(-c2ccc(F)cc2)no1)S(=O)(=O)c1ccc(C)cc1. The van der Waals surface area contributed by atoms with E-state index in [2.05, 4.69) is 11.1 Å². The first kappa shape index (κ1) is 18.8.